The molecule has 2 N–H and O–H groups in total. The predicted molar refractivity (Wildman–Crippen MR) is 124 cm³/mol. The first-order valence-corrected chi connectivity index (χ1v) is 11.4. The van der Waals surface area contributed by atoms with Crippen LogP contribution in [0.2, 0.25) is 0 Å². The van der Waals surface area contributed by atoms with Gasteiger partial charge in [-0.1, -0.05) is 25.1 Å². The molecular formula is C24H26F3N7O. The molecular weight excluding hydrogens is 459 g/mol. The molecule has 5 rings (SSSR count). The van der Waals surface area contributed by atoms with Crippen molar-refractivity contribution in [3.8, 4) is 11.3 Å². The van der Waals surface area contributed by atoms with Gasteiger partial charge in [0.25, 0.3) is 0 Å². The van der Waals surface area contributed by atoms with E-state index in [1.54, 1.807) is 13.3 Å². The van der Waals surface area contributed by atoms with Crippen LogP contribution in [0.3, 0.4) is 0 Å². The first-order chi connectivity index (χ1) is 16.7. The number of hydrogen-bond donors (Lipinski definition) is 2. The van der Waals surface area contributed by atoms with Crippen LogP contribution in [0.5, 0.6) is 0 Å². The summed E-state index contributed by atoms with van der Waals surface area (Å²) in [6.45, 7) is 5.33. The van der Waals surface area contributed by atoms with Crippen molar-refractivity contribution in [2.45, 2.75) is 37.9 Å². The molecule has 3 aromatic heterocycles. The summed E-state index contributed by atoms with van der Waals surface area (Å²) in [7, 11) is 1.90. The van der Waals surface area contributed by atoms with Gasteiger partial charge >= 0.3 is 6.18 Å². The highest BCUT2D eigenvalue weighted by molar-refractivity contribution is 5.94. The second-order valence-corrected chi connectivity index (χ2v) is 9.05. The maximum Gasteiger partial charge on any atom is 0.433 e. The fourth-order valence-electron chi connectivity index (χ4n) is 4.61. The molecule has 184 valence electrons. The van der Waals surface area contributed by atoms with Gasteiger partial charge in [0.2, 0.25) is 0 Å². The van der Waals surface area contributed by atoms with Crippen molar-refractivity contribution in [1.29, 1.82) is 0 Å². The molecule has 1 aliphatic heterocycles. The molecule has 4 aromatic rings. The third-order valence-electron chi connectivity index (χ3n) is 6.60. The first-order valence-electron chi connectivity index (χ1n) is 11.4. The van der Waals surface area contributed by atoms with Crippen molar-refractivity contribution in [3.05, 3.63) is 59.4 Å². The van der Waals surface area contributed by atoms with E-state index < -0.39 is 11.9 Å². The highest BCUT2D eigenvalue weighted by atomic mass is 19.4. The fourth-order valence-corrected chi connectivity index (χ4v) is 4.61. The summed E-state index contributed by atoms with van der Waals surface area (Å²) in [5.41, 5.74) is 1.76. The SMILES string of the molecule is CCN[C@@H](C)c1nc(C(F)(F)F)cc2c(-c3cccc(C4(Cc5nncn5C)COC4)c3)n[nH]c12. The molecule has 1 atom stereocenters. The predicted octanol–water partition coefficient (Wildman–Crippen LogP) is 3.95. The van der Waals surface area contributed by atoms with Crippen LogP contribution in [0.15, 0.2) is 36.7 Å². The molecule has 8 nitrogen and oxygen atoms in total. The minimum atomic E-state index is -4.57. The van der Waals surface area contributed by atoms with Gasteiger partial charge in [-0.05, 0) is 31.2 Å². The van der Waals surface area contributed by atoms with Gasteiger partial charge in [-0.3, -0.25) is 5.10 Å². The third-order valence-corrected chi connectivity index (χ3v) is 6.60. The Morgan fingerprint density at radius 2 is 2.06 bits per heavy atom. The van der Waals surface area contributed by atoms with Gasteiger partial charge in [0, 0.05) is 35.9 Å². The number of fused-ring (bicyclic) bond motifs is 1. The summed E-state index contributed by atoms with van der Waals surface area (Å²) in [6.07, 6.45) is -2.28. The monoisotopic (exact) mass is 485 g/mol. The van der Waals surface area contributed by atoms with Gasteiger partial charge in [0.05, 0.1) is 24.4 Å². The molecule has 0 bridgehead atoms. The zero-order valence-corrected chi connectivity index (χ0v) is 19.6. The smallest absolute Gasteiger partial charge is 0.379 e. The van der Waals surface area contributed by atoms with Crippen LogP contribution in [0.25, 0.3) is 22.2 Å². The first kappa shape index (κ1) is 23.4. The van der Waals surface area contributed by atoms with Crippen LogP contribution in [-0.2, 0) is 29.8 Å². The molecule has 0 saturated carbocycles. The van der Waals surface area contributed by atoms with Crippen LogP contribution < -0.4 is 5.32 Å². The molecule has 1 saturated heterocycles. The van der Waals surface area contributed by atoms with E-state index >= 15 is 0 Å². The largest absolute Gasteiger partial charge is 0.433 e. The van der Waals surface area contributed by atoms with Crippen molar-refractivity contribution in [3.63, 3.8) is 0 Å². The zero-order chi connectivity index (χ0) is 24.8. The van der Waals surface area contributed by atoms with E-state index in [1.165, 1.54) is 0 Å². The Labute approximate surface area is 199 Å². The third kappa shape index (κ3) is 4.19. The number of alkyl halides is 3. The van der Waals surface area contributed by atoms with E-state index in [-0.39, 0.29) is 17.2 Å². The summed E-state index contributed by atoms with van der Waals surface area (Å²) in [5, 5.41) is 19.1. The number of aromatic amines is 1. The molecule has 1 aromatic carbocycles. The molecule has 0 unspecified atom stereocenters. The Bertz CT molecular complexity index is 1360. The molecule has 1 fully saturated rings. The average Bonchev–Trinajstić information content (AvgIpc) is 3.41. The number of pyridine rings is 1. The summed E-state index contributed by atoms with van der Waals surface area (Å²) in [4.78, 5) is 3.94. The molecule has 4 heterocycles. The summed E-state index contributed by atoms with van der Waals surface area (Å²) in [5.74, 6) is 0.840. The normalized spacial score (nSPS) is 16.4. The number of aromatic nitrogens is 6. The lowest BCUT2D eigenvalue weighted by Crippen LogP contribution is -2.49. The lowest BCUT2D eigenvalue weighted by molar-refractivity contribution is -0.141. The Hall–Kier alpha value is -3.31. The quantitative estimate of drug-likeness (QED) is 0.412. The highest BCUT2D eigenvalue weighted by Crippen LogP contribution is 2.39. The number of nitrogens with zero attached hydrogens (tertiary/aromatic N) is 5. The number of rotatable bonds is 7. The summed E-state index contributed by atoms with van der Waals surface area (Å²) >= 11 is 0. The van der Waals surface area contributed by atoms with Crippen molar-refractivity contribution in [2.24, 2.45) is 7.05 Å². The topological polar surface area (TPSA) is 93.5 Å². The number of hydrogen-bond acceptors (Lipinski definition) is 6. The van der Waals surface area contributed by atoms with Crippen LogP contribution >= 0.6 is 0 Å². The van der Waals surface area contributed by atoms with E-state index in [1.807, 2.05) is 42.8 Å². The maximum atomic E-state index is 13.7. The van der Waals surface area contributed by atoms with Gasteiger partial charge < -0.3 is 14.6 Å². The van der Waals surface area contributed by atoms with Gasteiger partial charge in [-0.25, -0.2) is 4.98 Å². The standard InChI is InChI=1S/C24H26F3N7O/c1-4-28-14(2)20-22-17(9-18(30-20)24(25,26)27)21(32-33-22)15-6-5-7-16(8-15)23(11-35-12-23)10-19-31-29-13-34(19)3/h5-9,13-14,28H,4,10-12H2,1-3H3,(H,32,33)/t14-/m0/s1. The Morgan fingerprint density at radius 3 is 2.69 bits per heavy atom. The molecule has 0 radical (unpaired) electrons. The van der Waals surface area contributed by atoms with Crippen LogP contribution in [0, 0.1) is 0 Å². The molecule has 1 aliphatic rings. The number of aryl methyl sites for hydroxylation is 1. The summed E-state index contributed by atoms with van der Waals surface area (Å²) < 4.78 is 48.7. The van der Waals surface area contributed by atoms with E-state index in [9.17, 15) is 13.2 Å². The van der Waals surface area contributed by atoms with E-state index in [0.717, 1.165) is 23.0 Å². The second-order valence-electron chi connectivity index (χ2n) is 9.05. The number of ether oxygens (including phenoxy) is 1. The molecule has 35 heavy (non-hydrogen) atoms. The number of halogens is 3. The lowest BCUT2D eigenvalue weighted by atomic mass is 9.75. The molecule has 0 aliphatic carbocycles. The van der Waals surface area contributed by atoms with E-state index in [2.05, 4.69) is 30.7 Å². The molecule has 0 spiro atoms. The molecule has 11 heteroatoms. The lowest BCUT2D eigenvalue weighted by Gasteiger charge is -2.41. The van der Waals surface area contributed by atoms with E-state index in [4.69, 9.17) is 4.74 Å². The average molecular weight is 486 g/mol. The van der Waals surface area contributed by atoms with Crippen LogP contribution in [0.1, 0.15) is 42.7 Å². The van der Waals surface area contributed by atoms with Crippen molar-refractivity contribution in [2.75, 3.05) is 19.8 Å². The van der Waals surface area contributed by atoms with Gasteiger partial charge in [0.1, 0.15) is 23.5 Å². The van der Waals surface area contributed by atoms with Gasteiger partial charge in [0.15, 0.2) is 0 Å². The van der Waals surface area contributed by atoms with Crippen molar-refractivity contribution in [1.82, 2.24) is 35.3 Å². The van der Waals surface area contributed by atoms with E-state index in [0.29, 0.717) is 42.8 Å². The van der Waals surface area contributed by atoms with Crippen molar-refractivity contribution >= 4 is 10.9 Å². The fraction of sp³-hybridized carbons (Fsp3) is 0.417. The zero-order valence-electron chi connectivity index (χ0n) is 19.6. The maximum absolute atomic E-state index is 13.7. The number of benzene rings is 1. The second kappa shape index (κ2) is 8.72. The Morgan fingerprint density at radius 1 is 1.26 bits per heavy atom. The van der Waals surface area contributed by atoms with Gasteiger partial charge in [-0.15, -0.1) is 10.2 Å². The van der Waals surface area contributed by atoms with Crippen molar-refractivity contribution < 1.29 is 17.9 Å². The minimum Gasteiger partial charge on any atom is -0.379 e. The van der Waals surface area contributed by atoms with Gasteiger partial charge in [-0.2, -0.15) is 18.3 Å². The van der Waals surface area contributed by atoms with Crippen LogP contribution in [-0.4, -0.2) is 49.7 Å². The van der Waals surface area contributed by atoms with Crippen LogP contribution in [0.4, 0.5) is 13.2 Å². The Kier molecular flexibility index (Phi) is 5.84. The number of nitrogens with one attached hydrogen (secondary N) is 2. The Balaban J connectivity index is 1.60. The molecule has 0 amide bonds. The summed E-state index contributed by atoms with van der Waals surface area (Å²) in [6, 6.07) is 8.44. The minimum absolute atomic E-state index is 0.285. The number of H-pyrrole nitrogens is 1. The highest BCUT2D eigenvalue weighted by Gasteiger charge is 2.42.